The molecule has 0 aliphatic carbocycles. The molecule has 0 aliphatic heterocycles. The molecule has 0 radical (unpaired) electrons. The number of halogens is 6. The Labute approximate surface area is 159 Å². The predicted octanol–water partition coefficient (Wildman–Crippen LogP) is 9.73. The molecule has 0 unspecified atom stereocenters. The second kappa shape index (κ2) is 13.5. The molecule has 26 heavy (non-hydrogen) atoms. The van der Waals surface area contributed by atoms with E-state index in [-0.39, 0.29) is 0 Å². The van der Waals surface area contributed by atoms with Crippen LogP contribution in [-0.4, -0.2) is 17.3 Å². The molecular formula is C18H39F6PS. The van der Waals surface area contributed by atoms with Gasteiger partial charge < -0.3 is 0 Å². The molecule has 0 aromatic carbocycles. The zero-order valence-electron chi connectivity index (χ0n) is 16.7. The summed E-state index contributed by atoms with van der Waals surface area (Å²) in [5, 5.41) is 0. The maximum atomic E-state index is 9.87. The van der Waals surface area contributed by atoms with E-state index in [1.165, 1.54) is 94.3 Å². The van der Waals surface area contributed by atoms with Gasteiger partial charge in [0.05, 0.1) is 0 Å². The molecule has 0 amide bonds. The Kier molecular flexibility index (Phi) is 14.9. The van der Waals surface area contributed by atoms with Crippen LogP contribution in [0.4, 0.5) is 25.2 Å². The van der Waals surface area contributed by atoms with E-state index in [9.17, 15) is 25.2 Å². The van der Waals surface area contributed by atoms with Crippen LogP contribution in [0.1, 0.15) is 97.8 Å². The van der Waals surface area contributed by atoms with Crippen LogP contribution in [0, 0.1) is 0 Å². The van der Waals surface area contributed by atoms with Gasteiger partial charge in [0.2, 0.25) is 0 Å². The molecule has 0 aromatic rings. The van der Waals surface area contributed by atoms with Gasteiger partial charge in [-0.05, 0) is 43.0 Å². The Morgan fingerprint density at radius 1 is 0.462 bits per heavy atom. The number of unbranched alkanes of at least 4 members (excludes halogenated alkanes) is 9. The van der Waals surface area contributed by atoms with Crippen molar-refractivity contribution in [1.29, 1.82) is 0 Å². The van der Waals surface area contributed by atoms with Crippen molar-refractivity contribution in [3.8, 4) is 0 Å². The monoisotopic (exact) mass is 432 g/mol. The van der Waals surface area contributed by atoms with Crippen LogP contribution in [-0.2, 0) is 10.9 Å². The van der Waals surface area contributed by atoms with E-state index in [2.05, 4.69) is 20.8 Å². The SMILES string of the molecule is CCCCCCC[S+](CCCC)CCCCCCC.F[P-](F)(F)(F)(F)F. The summed E-state index contributed by atoms with van der Waals surface area (Å²) in [5.41, 5.74) is 0. The molecule has 0 aromatic heterocycles. The third-order valence-corrected chi connectivity index (χ3v) is 6.46. The van der Waals surface area contributed by atoms with Crippen LogP contribution in [0.5, 0.6) is 0 Å². The third-order valence-electron chi connectivity index (χ3n) is 3.86. The molecule has 0 N–H and O–H groups in total. The summed E-state index contributed by atoms with van der Waals surface area (Å²) in [6, 6.07) is 0. The summed E-state index contributed by atoms with van der Waals surface area (Å²) in [5.74, 6) is 4.60. The van der Waals surface area contributed by atoms with Gasteiger partial charge in [-0.3, -0.25) is 0 Å². The van der Waals surface area contributed by atoms with Crippen molar-refractivity contribution in [3.63, 3.8) is 0 Å². The van der Waals surface area contributed by atoms with Gasteiger partial charge in [-0.2, -0.15) is 0 Å². The second-order valence-electron chi connectivity index (χ2n) is 6.87. The first kappa shape index (κ1) is 28.6. The first-order valence-electron chi connectivity index (χ1n) is 10.0. The second-order valence-corrected chi connectivity index (χ2v) is 11.2. The maximum absolute atomic E-state index is 10.7. The Balaban J connectivity index is 0. The summed E-state index contributed by atoms with van der Waals surface area (Å²) in [6.07, 6.45) is 17.4. The molecule has 0 aliphatic rings. The Hall–Kier alpha value is 0.360. The van der Waals surface area contributed by atoms with Gasteiger partial charge in [-0.15, -0.1) is 0 Å². The zero-order valence-corrected chi connectivity index (χ0v) is 18.4. The third kappa shape index (κ3) is 39.4. The van der Waals surface area contributed by atoms with Crippen molar-refractivity contribution in [2.45, 2.75) is 97.8 Å². The molecule has 0 fully saturated rings. The fraction of sp³-hybridized carbons (Fsp3) is 1.00. The van der Waals surface area contributed by atoms with Gasteiger partial charge >= 0.3 is 33.0 Å². The molecule has 0 heterocycles. The molecule has 0 nitrogen and oxygen atoms in total. The van der Waals surface area contributed by atoms with Crippen LogP contribution in [0.25, 0.3) is 0 Å². The van der Waals surface area contributed by atoms with Crippen molar-refractivity contribution in [3.05, 3.63) is 0 Å². The molecular weight excluding hydrogens is 393 g/mol. The van der Waals surface area contributed by atoms with E-state index in [1.54, 1.807) is 0 Å². The van der Waals surface area contributed by atoms with Gasteiger partial charge in [0.1, 0.15) is 17.3 Å². The molecule has 0 spiro atoms. The summed E-state index contributed by atoms with van der Waals surface area (Å²) in [6.45, 7) is 6.95. The number of rotatable bonds is 15. The van der Waals surface area contributed by atoms with Crippen molar-refractivity contribution < 1.29 is 25.2 Å². The van der Waals surface area contributed by atoms with Crippen molar-refractivity contribution >= 4 is 18.7 Å². The molecule has 0 saturated heterocycles. The van der Waals surface area contributed by atoms with Gasteiger partial charge in [0.15, 0.2) is 0 Å². The van der Waals surface area contributed by atoms with E-state index in [1.807, 2.05) is 0 Å². The molecule has 0 saturated carbocycles. The van der Waals surface area contributed by atoms with Gasteiger partial charge in [-0.1, -0.05) is 65.7 Å². The van der Waals surface area contributed by atoms with Gasteiger partial charge in [0, 0.05) is 0 Å². The van der Waals surface area contributed by atoms with Crippen LogP contribution in [0.3, 0.4) is 0 Å². The summed E-state index contributed by atoms with van der Waals surface area (Å²) in [7, 11) is -9.89. The van der Waals surface area contributed by atoms with Crippen LogP contribution in [0.2, 0.25) is 0 Å². The minimum absolute atomic E-state index is 0.765. The van der Waals surface area contributed by atoms with E-state index >= 15 is 0 Å². The predicted molar refractivity (Wildman–Crippen MR) is 108 cm³/mol. The normalized spacial score (nSPS) is 14.5. The van der Waals surface area contributed by atoms with Crippen molar-refractivity contribution in [2.24, 2.45) is 0 Å². The fourth-order valence-electron chi connectivity index (χ4n) is 2.47. The molecule has 0 atom stereocenters. The molecule has 8 heteroatoms. The summed E-state index contributed by atoms with van der Waals surface area (Å²) < 4.78 is 59.2. The molecule has 164 valence electrons. The van der Waals surface area contributed by atoms with Crippen molar-refractivity contribution in [2.75, 3.05) is 17.3 Å². The molecule has 0 rings (SSSR count). The Morgan fingerprint density at radius 3 is 1.04 bits per heavy atom. The quantitative estimate of drug-likeness (QED) is 0.105. The standard InChI is InChI=1S/C18H39S.F6P/c1-4-7-10-12-14-17-19(16-9-6-3)18-15-13-11-8-5-2;1-7(2,3,4,5)6/h4-18H2,1-3H3;/q+1;-1. The van der Waals surface area contributed by atoms with Crippen LogP contribution in [0.15, 0.2) is 0 Å². The summed E-state index contributed by atoms with van der Waals surface area (Å²) >= 11 is 0. The Bertz CT molecular complexity index is 292. The fourth-order valence-corrected chi connectivity index (χ4v) is 5.01. The van der Waals surface area contributed by atoms with E-state index in [0.29, 0.717) is 0 Å². The average Bonchev–Trinajstić information content (AvgIpc) is 2.48. The van der Waals surface area contributed by atoms with Gasteiger partial charge in [0.25, 0.3) is 0 Å². The van der Waals surface area contributed by atoms with E-state index in [0.717, 1.165) is 10.9 Å². The van der Waals surface area contributed by atoms with E-state index < -0.39 is 7.81 Å². The minimum atomic E-state index is -10.7. The number of hydrogen-bond donors (Lipinski definition) is 0. The topological polar surface area (TPSA) is 0 Å². The average molecular weight is 433 g/mol. The Morgan fingerprint density at radius 2 is 0.731 bits per heavy atom. The van der Waals surface area contributed by atoms with Crippen LogP contribution < -0.4 is 0 Å². The zero-order chi connectivity index (χ0) is 20.6. The van der Waals surface area contributed by atoms with Crippen LogP contribution >= 0.6 is 7.81 Å². The first-order chi connectivity index (χ1) is 11.8. The summed E-state index contributed by atoms with van der Waals surface area (Å²) in [4.78, 5) is 0. The number of hydrogen-bond acceptors (Lipinski definition) is 0. The first-order valence-corrected chi connectivity index (χ1v) is 13.8. The molecule has 0 bridgehead atoms. The van der Waals surface area contributed by atoms with Crippen molar-refractivity contribution in [1.82, 2.24) is 0 Å². The van der Waals surface area contributed by atoms with E-state index in [4.69, 9.17) is 0 Å². The van der Waals surface area contributed by atoms with Gasteiger partial charge in [-0.25, -0.2) is 0 Å².